The largest absolute Gasteiger partial charge is 0.351 e. The maximum absolute atomic E-state index is 12.9. The predicted molar refractivity (Wildman–Crippen MR) is 125 cm³/mol. The van der Waals surface area contributed by atoms with Gasteiger partial charge in [0.25, 0.3) is 11.8 Å². The Hall–Kier alpha value is -4.37. The van der Waals surface area contributed by atoms with Crippen LogP contribution in [0.5, 0.6) is 0 Å². The van der Waals surface area contributed by atoms with Crippen LogP contribution in [0.4, 0.5) is 0 Å². The molecule has 4 N–H and O–H groups in total. The summed E-state index contributed by atoms with van der Waals surface area (Å²) in [5.41, 5.74) is 7.09. The third-order valence-electron chi connectivity index (χ3n) is 5.75. The predicted octanol–water partition coefficient (Wildman–Crippen LogP) is 0.138. The fraction of sp³-hybridized carbons (Fsp3) is 0.348. The number of likely N-dealkylation sites (tertiary alicyclic amines) is 1. The van der Waals surface area contributed by atoms with E-state index in [1.54, 1.807) is 24.3 Å². The van der Waals surface area contributed by atoms with Gasteiger partial charge in [-0.2, -0.15) is 5.26 Å². The summed E-state index contributed by atoms with van der Waals surface area (Å²) in [6.07, 6.45) is 5.09. The highest BCUT2D eigenvalue weighted by molar-refractivity contribution is 6.07. The van der Waals surface area contributed by atoms with Crippen LogP contribution in [0.1, 0.15) is 40.1 Å². The number of nitrogens with two attached hydrogens (primary N) is 1. The Morgan fingerprint density at radius 2 is 2.06 bits per heavy atom. The molecule has 1 aliphatic heterocycles. The van der Waals surface area contributed by atoms with Crippen molar-refractivity contribution in [2.75, 3.05) is 26.2 Å². The fourth-order valence-electron chi connectivity index (χ4n) is 3.92. The second-order valence-corrected chi connectivity index (χ2v) is 8.06. The number of nitriles is 1. The van der Waals surface area contributed by atoms with Crippen molar-refractivity contribution in [3.63, 3.8) is 0 Å². The molecule has 180 valence electrons. The first-order chi connectivity index (χ1) is 17.0. The Balaban J connectivity index is 1.50. The number of carbonyl (C=O) groups is 3. The van der Waals surface area contributed by atoms with E-state index in [1.807, 2.05) is 0 Å². The van der Waals surface area contributed by atoms with Gasteiger partial charge in [-0.25, -0.2) is 4.68 Å². The zero-order chi connectivity index (χ0) is 24.8. The third-order valence-corrected chi connectivity index (χ3v) is 5.75. The van der Waals surface area contributed by atoms with Gasteiger partial charge >= 0.3 is 0 Å². The van der Waals surface area contributed by atoms with Crippen molar-refractivity contribution in [2.24, 2.45) is 5.73 Å². The van der Waals surface area contributed by atoms with Crippen LogP contribution in [0.2, 0.25) is 0 Å². The van der Waals surface area contributed by atoms with Gasteiger partial charge in [0.05, 0.1) is 35.6 Å². The lowest BCUT2D eigenvalue weighted by molar-refractivity contribution is -0.130. The number of nitrogens with zero attached hydrogens (tertiary/aromatic N) is 6. The average molecular weight is 476 g/mol. The van der Waals surface area contributed by atoms with Crippen molar-refractivity contribution in [3.05, 3.63) is 47.9 Å². The molecule has 2 aromatic heterocycles. The van der Waals surface area contributed by atoms with E-state index in [-0.39, 0.29) is 24.1 Å². The van der Waals surface area contributed by atoms with Crippen molar-refractivity contribution < 1.29 is 14.4 Å². The molecule has 0 radical (unpaired) electrons. The number of hydrogen-bond acceptors (Lipinski definition) is 8. The Kier molecular flexibility index (Phi) is 7.27. The normalized spacial score (nSPS) is 15.1. The number of benzene rings is 1. The third kappa shape index (κ3) is 5.25. The minimum Gasteiger partial charge on any atom is -0.351 e. The number of nitrogens with one attached hydrogen (secondary N) is 2. The molecule has 3 heterocycles. The van der Waals surface area contributed by atoms with Crippen molar-refractivity contribution in [3.8, 4) is 11.8 Å². The Bertz CT molecular complexity index is 1300. The van der Waals surface area contributed by atoms with Gasteiger partial charge in [-0.15, -0.1) is 5.10 Å². The van der Waals surface area contributed by atoms with E-state index < -0.39 is 11.9 Å². The van der Waals surface area contributed by atoms with E-state index in [0.717, 1.165) is 6.42 Å². The fourth-order valence-corrected chi connectivity index (χ4v) is 3.92. The summed E-state index contributed by atoms with van der Waals surface area (Å²) in [7, 11) is 0. The van der Waals surface area contributed by atoms with Gasteiger partial charge < -0.3 is 21.3 Å². The lowest BCUT2D eigenvalue weighted by Crippen LogP contribution is -2.42. The molecular formula is C23H25N9O3. The lowest BCUT2D eigenvalue weighted by atomic mass is 10.1. The molecule has 0 spiro atoms. The van der Waals surface area contributed by atoms with Crippen molar-refractivity contribution >= 4 is 28.6 Å². The van der Waals surface area contributed by atoms with Gasteiger partial charge in [-0.05, 0) is 50.1 Å². The molecular weight excluding hydrogens is 450 g/mol. The number of rotatable bonds is 8. The molecule has 1 saturated heterocycles. The zero-order valence-corrected chi connectivity index (χ0v) is 19.0. The smallest absolute Gasteiger partial charge is 0.273 e. The summed E-state index contributed by atoms with van der Waals surface area (Å²) in [4.78, 5) is 43.4. The maximum Gasteiger partial charge on any atom is 0.273 e. The molecule has 1 aromatic carbocycles. The van der Waals surface area contributed by atoms with E-state index in [2.05, 4.69) is 32.0 Å². The van der Waals surface area contributed by atoms with Crippen molar-refractivity contribution in [2.45, 2.75) is 25.3 Å². The van der Waals surface area contributed by atoms with Gasteiger partial charge in [0.2, 0.25) is 5.91 Å². The molecule has 4 rings (SSSR count). The minimum atomic E-state index is -0.445. The number of pyridine rings is 1. The topological polar surface area (TPSA) is 172 Å². The maximum atomic E-state index is 12.9. The van der Waals surface area contributed by atoms with E-state index in [9.17, 15) is 19.6 Å². The van der Waals surface area contributed by atoms with Crippen molar-refractivity contribution in [1.29, 1.82) is 5.26 Å². The molecule has 0 unspecified atom stereocenters. The summed E-state index contributed by atoms with van der Waals surface area (Å²) in [5.74, 6) is -1.08. The van der Waals surface area contributed by atoms with Gasteiger partial charge in [-0.3, -0.25) is 19.4 Å². The number of amides is 3. The number of carbonyl (C=O) groups excluding carboxylic acids is 3. The molecule has 0 bridgehead atoms. The first-order valence-corrected chi connectivity index (χ1v) is 11.3. The standard InChI is InChI=1S/C23H25N9O3/c24-7-2-8-27-23(35)20-14-32(30-29-20)15-4-5-19-18(11-15)17(6-9-26-19)22(34)28-13-21(33)31-10-1-3-16(31)12-25/h4-6,9,11,14,16H,1-3,7-8,10,13,24H2,(H,27,35)(H,28,34)/t16-/m0/s1. The lowest BCUT2D eigenvalue weighted by Gasteiger charge is -2.19. The minimum absolute atomic E-state index is 0.155. The van der Waals surface area contributed by atoms with Crippen LogP contribution in [0, 0.1) is 11.3 Å². The highest BCUT2D eigenvalue weighted by Gasteiger charge is 2.28. The number of hydrogen-bond donors (Lipinski definition) is 3. The van der Waals surface area contributed by atoms with Crippen LogP contribution in [0.3, 0.4) is 0 Å². The zero-order valence-electron chi connectivity index (χ0n) is 19.0. The van der Waals surface area contributed by atoms with E-state index in [4.69, 9.17) is 5.73 Å². The summed E-state index contributed by atoms with van der Waals surface area (Å²) < 4.78 is 1.44. The monoisotopic (exact) mass is 475 g/mol. The second-order valence-electron chi connectivity index (χ2n) is 8.06. The van der Waals surface area contributed by atoms with Gasteiger partial charge in [-0.1, -0.05) is 5.21 Å². The summed E-state index contributed by atoms with van der Waals surface area (Å²) in [5, 5.41) is 23.0. The van der Waals surface area contributed by atoms with Gasteiger partial charge in [0.1, 0.15) is 6.04 Å². The molecule has 1 aliphatic rings. The molecule has 3 amide bonds. The summed E-state index contributed by atoms with van der Waals surface area (Å²) in [6, 6.07) is 8.45. The quantitative estimate of drug-likeness (QED) is 0.386. The molecule has 35 heavy (non-hydrogen) atoms. The summed E-state index contributed by atoms with van der Waals surface area (Å²) >= 11 is 0. The first kappa shape index (κ1) is 23.8. The number of fused-ring (bicyclic) bond motifs is 1. The van der Waals surface area contributed by atoms with E-state index in [0.29, 0.717) is 54.6 Å². The van der Waals surface area contributed by atoms with E-state index >= 15 is 0 Å². The molecule has 0 aliphatic carbocycles. The molecule has 0 saturated carbocycles. The molecule has 3 aromatic rings. The summed E-state index contributed by atoms with van der Waals surface area (Å²) in [6.45, 7) is 1.23. The highest BCUT2D eigenvalue weighted by Crippen LogP contribution is 2.21. The average Bonchev–Trinajstić information content (AvgIpc) is 3.56. The Morgan fingerprint density at radius 1 is 1.20 bits per heavy atom. The van der Waals surface area contributed by atoms with Crippen LogP contribution < -0.4 is 16.4 Å². The van der Waals surface area contributed by atoms with Crippen LogP contribution in [-0.2, 0) is 4.79 Å². The second kappa shape index (κ2) is 10.7. The Morgan fingerprint density at radius 3 is 2.86 bits per heavy atom. The molecule has 12 heteroatoms. The van der Waals surface area contributed by atoms with Crippen LogP contribution >= 0.6 is 0 Å². The molecule has 1 atom stereocenters. The Labute approximate surface area is 201 Å². The van der Waals surface area contributed by atoms with Gasteiger partial charge in [0.15, 0.2) is 5.69 Å². The SMILES string of the molecule is N#C[C@@H]1CCCN1C(=O)CNC(=O)c1ccnc2ccc(-n3cc(C(=O)NCCCN)nn3)cc12. The van der Waals surface area contributed by atoms with Crippen LogP contribution in [-0.4, -0.2) is 74.8 Å². The molecule has 1 fully saturated rings. The molecule has 12 nitrogen and oxygen atoms in total. The van der Waals surface area contributed by atoms with Crippen LogP contribution in [0.25, 0.3) is 16.6 Å². The van der Waals surface area contributed by atoms with Crippen LogP contribution in [0.15, 0.2) is 36.7 Å². The highest BCUT2D eigenvalue weighted by atomic mass is 16.2. The van der Waals surface area contributed by atoms with E-state index in [1.165, 1.54) is 22.0 Å². The first-order valence-electron chi connectivity index (χ1n) is 11.3. The number of aromatic nitrogens is 4. The van der Waals surface area contributed by atoms with Gasteiger partial charge in [0, 0.05) is 24.7 Å². The van der Waals surface area contributed by atoms with Crippen molar-refractivity contribution in [1.82, 2.24) is 35.5 Å².